The minimum absolute atomic E-state index is 0.0836. The number of unbranched alkanes of at least 4 members (excludes halogenated alkanes) is 1. The van der Waals surface area contributed by atoms with E-state index in [0.29, 0.717) is 13.2 Å². The van der Waals surface area contributed by atoms with Gasteiger partial charge in [-0.3, -0.25) is 4.79 Å². The molecule has 5 heteroatoms. The number of halogens is 2. The molecule has 0 radical (unpaired) electrons. The van der Waals surface area contributed by atoms with E-state index in [1.54, 1.807) is 30.3 Å². The number of rotatable bonds is 9. The quantitative estimate of drug-likeness (QED) is 0.274. The van der Waals surface area contributed by atoms with Crippen molar-refractivity contribution in [3.8, 4) is 5.75 Å². The van der Waals surface area contributed by atoms with Crippen LogP contribution in [0.3, 0.4) is 0 Å². The van der Waals surface area contributed by atoms with Crippen LogP contribution >= 0.6 is 0 Å². The van der Waals surface area contributed by atoms with Crippen molar-refractivity contribution in [2.24, 2.45) is 5.92 Å². The van der Waals surface area contributed by atoms with Crippen LogP contribution < -0.4 is 10.1 Å². The van der Waals surface area contributed by atoms with Crippen molar-refractivity contribution in [2.45, 2.75) is 31.1 Å². The molecule has 0 saturated heterocycles. The van der Waals surface area contributed by atoms with E-state index in [1.807, 2.05) is 24.3 Å². The lowest BCUT2D eigenvalue weighted by molar-refractivity contribution is -0.116. The van der Waals surface area contributed by atoms with Crippen LogP contribution in [0.1, 0.15) is 42.4 Å². The fourth-order valence-corrected chi connectivity index (χ4v) is 5.10. The standard InChI is InChI=1S/C31H29F2NO2/c32-27-13-8-24(9-14-27)31(25-10-15-28(33)16-11-25)20-26(31)12-17-30(35)34-18-4-3-5-22-19-23-6-1-2-7-29(23)36-21-22/h1-2,6-17,19,26H,3-5,18,20-21H2,(H,34,35)/t26-/m1/s1. The van der Waals surface area contributed by atoms with Crippen LogP contribution in [0.4, 0.5) is 8.78 Å². The van der Waals surface area contributed by atoms with E-state index in [2.05, 4.69) is 17.5 Å². The molecule has 3 nitrogen and oxygen atoms in total. The Labute approximate surface area is 210 Å². The van der Waals surface area contributed by atoms with Crippen molar-refractivity contribution in [3.05, 3.63) is 119 Å². The zero-order chi connectivity index (χ0) is 25.0. The van der Waals surface area contributed by atoms with Crippen LogP contribution in [-0.4, -0.2) is 19.1 Å². The summed E-state index contributed by atoms with van der Waals surface area (Å²) in [5.41, 5.74) is 3.96. The molecule has 1 aliphatic heterocycles. The average Bonchev–Trinajstić information content (AvgIpc) is 3.63. The Hall–Kier alpha value is -3.73. The van der Waals surface area contributed by atoms with E-state index < -0.39 is 0 Å². The number of fused-ring (bicyclic) bond motifs is 1. The summed E-state index contributed by atoms with van der Waals surface area (Å²) >= 11 is 0. The molecular formula is C31H29F2NO2. The monoisotopic (exact) mass is 485 g/mol. The smallest absolute Gasteiger partial charge is 0.243 e. The van der Waals surface area contributed by atoms with E-state index >= 15 is 0 Å². The summed E-state index contributed by atoms with van der Waals surface area (Å²) in [6.45, 7) is 1.23. The van der Waals surface area contributed by atoms with Crippen molar-refractivity contribution in [1.29, 1.82) is 0 Å². The Kier molecular flexibility index (Phi) is 6.99. The molecular weight excluding hydrogens is 456 g/mol. The molecule has 1 N–H and O–H groups in total. The van der Waals surface area contributed by atoms with Crippen LogP contribution in [-0.2, 0) is 10.2 Å². The van der Waals surface area contributed by atoms with Crippen LogP contribution in [0.2, 0.25) is 0 Å². The number of para-hydroxylation sites is 1. The molecule has 36 heavy (non-hydrogen) atoms. The lowest BCUT2D eigenvalue weighted by Crippen LogP contribution is -2.22. The van der Waals surface area contributed by atoms with Gasteiger partial charge in [0.1, 0.15) is 24.0 Å². The first-order valence-corrected chi connectivity index (χ1v) is 12.4. The Morgan fingerprint density at radius 2 is 1.61 bits per heavy atom. The minimum Gasteiger partial charge on any atom is -0.489 e. The minimum atomic E-state index is -0.368. The molecule has 1 amide bonds. The molecule has 1 saturated carbocycles. The highest BCUT2D eigenvalue weighted by molar-refractivity contribution is 5.87. The zero-order valence-corrected chi connectivity index (χ0v) is 20.1. The molecule has 2 aliphatic rings. The fourth-order valence-electron chi connectivity index (χ4n) is 5.10. The summed E-state index contributed by atoms with van der Waals surface area (Å²) in [6, 6.07) is 20.9. The highest BCUT2D eigenvalue weighted by atomic mass is 19.1. The molecule has 184 valence electrons. The number of hydrogen-bond acceptors (Lipinski definition) is 2. The van der Waals surface area contributed by atoms with Gasteiger partial charge in [0, 0.05) is 17.5 Å². The number of carbonyl (C=O) groups excluding carboxylic acids is 1. The number of hydrogen-bond donors (Lipinski definition) is 1. The van der Waals surface area contributed by atoms with Gasteiger partial charge >= 0.3 is 0 Å². The predicted molar refractivity (Wildman–Crippen MR) is 138 cm³/mol. The summed E-state index contributed by atoms with van der Waals surface area (Å²) in [5.74, 6) is 0.303. The third-order valence-corrected chi connectivity index (χ3v) is 7.13. The molecule has 3 aromatic carbocycles. The predicted octanol–water partition coefficient (Wildman–Crippen LogP) is 6.59. The Balaban J connectivity index is 1.12. The summed E-state index contributed by atoms with van der Waals surface area (Å²) in [7, 11) is 0. The van der Waals surface area contributed by atoms with Gasteiger partial charge in [0.2, 0.25) is 5.91 Å². The van der Waals surface area contributed by atoms with E-state index in [4.69, 9.17) is 4.74 Å². The molecule has 1 fully saturated rings. The van der Waals surface area contributed by atoms with Gasteiger partial charge in [0.25, 0.3) is 0 Å². The topological polar surface area (TPSA) is 38.3 Å². The molecule has 5 rings (SSSR count). The van der Waals surface area contributed by atoms with Crippen LogP contribution in [0, 0.1) is 17.6 Å². The normalized spacial score (nSPS) is 17.7. The first kappa shape index (κ1) is 24.0. The number of nitrogens with one attached hydrogen (secondary N) is 1. The average molecular weight is 486 g/mol. The van der Waals surface area contributed by atoms with E-state index in [0.717, 1.165) is 48.1 Å². The van der Waals surface area contributed by atoms with Crippen LogP contribution in [0.15, 0.2) is 90.5 Å². The zero-order valence-electron chi connectivity index (χ0n) is 20.1. The largest absolute Gasteiger partial charge is 0.489 e. The lowest BCUT2D eigenvalue weighted by atomic mass is 9.85. The Morgan fingerprint density at radius 3 is 2.31 bits per heavy atom. The maximum absolute atomic E-state index is 13.5. The van der Waals surface area contributed by atoms with E-state index in [-0.39, 0.29) is 28.9 Å². The third-order valence-electron chi connectivity index (χ3n) is 7.13. The molecule has 0 spiro atoms. The van der Waals surface area contributed by atoms with Gasteiger partial charge in [-0.05, 0) is 90.8 Å². The second-order valence-electron chi connectivity index (χ2n) is 9.53. The molecule has 1 atom stereocenters. The van der Waals surface area contributed by atoms with Gasteiger partial charge in [-0.25, -0.2) is 8.78 Å². The van der Waals surface area contributed by atoms with E-state index in [1.165, 1.54) is 29.8 Å². The van der Waals surface area contributed by atoms with Gasteiger partial charge in [-0.15, -0.1) is 0 Å². The van der Waals surface area contributed by atoms with Gasteiger partial charge in [0.05, 0.1) is 0 Å². The second kappa shape index (κ2) is 10.5. The molecule has 0 aromatic heterocycles. The first-order valence-electron chi connectivity index (χ1n) is 12.4. The maximum atomic E-state index is 13.5. The SMILES string of the molecule is O=C(C=C[C@@H]1CC1(c1ccc(F)cc1)c1ccc(F)cc1)NCCCCC1=Cc2ccccc2OC1. The van der Waals surface area contributed by atoms with Gasteiger partial charge in [-0.1, -0.05) is 48.5 Å². The molecule has 1 aliphatic carbocycles. The molecule has 3 aromatic rings. The van der Waals surface area contributed by atoms with Crippen LogP contribution in [0.25, 0.3) is 6.08 Å². The number of benzene rings is 3. The van der Waals surface area contributed by atoms with Gasteiger partial charge in [-0.2, -0.15) is 0 Å². The molecule has 1 heterocycles. The number of amides is 1. The fraction of sp³-hybridized carbons (Fsp3) is 0.258. The number of allylic oxidation sites excluding steroid dienone is 1. The summed E-state index contributed by atoms with van der Waals surface area (Å²) < 4.78 is 32.8. The highest BCUT2D eigenvalue weighted by Gasteiger charge is 2.55. The Morgan fingerprint density at radius 1 is 0.944 bits per heavy atom. The van der Waals surface area contributed by atoms with Crippen molar-refractivity contribution < 1.29 is 18.3 Å². The summed E-state index contributed by atoms with van der Waals surface area (Å²) in [6.07, 6.45) is 9.30. The van der Waals surface area contributed by atoms with Crippen molar-refractivity contribution >= 4 is 12.0 Å². The molecule has 0 unspecified atom stereocenters. The summed E-state index contributed by atoms with van der Waals surface area (Å²) in [4.78, 5) is 12.4. The van der Waals surface area contributed by atoms with Gasteiger partial charge in [0.15, 0.2) is 0 Å². The molecule has 0 bridgehead atoms. The van der Waals surface area contributed by atoms with Gasteiger partial charge < -0.3 is 10.1 Å². The maximum Gasteiger partial charge on any atom is 0.243 e. The van der Waals surface area contributed by atoms with Crippen molar-refractivity contribution in [3.63, 3.8) is 0 Å². The lowest BCUT2D eigenvalue weighted by Gasteiger charge is -2.18. The van der Waals surface area contributed by atoms with Crippen molar-refractivity contribution in [2.75, 3.05) is 13.2 Å². The number of ether oxygens (including phenoxy) is 1. The van der Waals surface area contributed by atoms with Crippen molar-refractivity contribution in [1.82, 2.24) is 5.32 Å². The summed E-state index contributed by atoms with van der Waals surface area (Å²) in [5, 5.41) is 2.97. The first-order chi connectivity index (χ1) is 17.5. The van der Waals surface area contributed by atoms with E-state index in [9.17, 15) is 13.6 Å². The second-order valence-corrected chi connectivity index (χ2v) is 9.53. The third kappa shape index (κ3) is 5.25. The van der Waals surface area contributed by atoms with Crippen LogP contribution in [0.5, 0.6) is 5.75 Å². The highest BCUT2D eigenvalue weighted by Crippen LogP contribution is 2.59. The number of carbonyl (C=O) groups is 1. The Bertz CT molecular complexity index is 1230.